The van der Waals surface area contributed by atoms with Gasteiger partial charge in [-0.1, -0.05) is 57.9 Å². The molecule has 11 heteroatoms. The van der Waals surface area contributed by atoms with E-state index in [-0.39, 0.29) is 22.9 Å². The Hall–Kier alpha value is -4.02. The van der Waals surface area contributed by atoms with E-state index in [1.54, 1.807) is 36.4 Å². The molecule has 3 heterocycles. The molecule has 9 nitrogen and oxygen atoms in total. The number of ether oxygens (including phenoxy) is 1. The summed E-state index contributed by atoms with van der Waals surface area (Å²) < 4.78 is 6.14. The lowest BCUT2D eigenvalue weighted by atomic mass is 9.86. The summed E-state index contributed by atoms with van der Waals surface area (Å²) in [5, 5.41) is 11.9. The van der Waals surface area contributed by atoms with Gasteiger partial charge in [0.2, 0.25) is 11.8 Å². The Morgan fingerprint density at radius 1 is 1.00 bits per heavy atom. The fourth-order valence-corrected chi connectivity index (χ4v) is 6.25. The number of carbonyl (C=O) groups is 3. The van der Waals surface area contributed by atoms with Gasteiger partial charge >= 0.3 is 0 Å². The number of methoxy groups -OCH3 is 1. The normalized spacial score (nSPS) is 22.9. The van der Waals surface area contributed by atoms with Gasteiger partial charge in [0.1, 0.15) is 17.5 Å². The minimum Gasteiger partial charge on any atom is -0.495 e. The molecule has 0 aliphatic carbocycles. The second kappa shape index (κ2) is 9.32. The first-order valence-electron chi connectivity index (χ1n) is 12.0. The van der Waals surface area contributed by atoms with Crippen molar-refractivity contribution in [1.29, 1.82) is 0 Å². The zero-order chi connectivity index (χ0) is 27.6. The number of rotatable bonds is 5. The summed E-state index contributed by atoms with van der Waals surface area (Å²) in [7, 11) is 1.35. The van der Waals surface area contributed by atoms with Crippen LogP contribution in [0.4, 0.5) is 17.1 Å². The molecule has 39 heavy (non-hydrogen) atoms. The zero-order valence-corrected chi connectivity index (χ0v) is 22.6. The summed E-state index contributed by atoms with van der Waals surface area (Å²) in [4.78, 5) is 55.8. The predicted octanol–water partition coefficient (Wildman–Crippen LogP) is 5.29. The van der Waals surface area contributed by atoms with Gasteiger partial charge in [0.25, 0.3) is 5.69 Å². The van der Waals surface area contributed by atoms with Crippen molar-refractivity contribution >= 4 is 68.3 Å². The largest absolute Gasteiger partial charge is 0.495 e. The van der Waals surface area contributed by atoms with Crippen molar-refractivity contribution in [1.82, 2.24) is 0 Å². The van der Waals surface area contributed by atoms with Crippen LogP contribution < -0.4 is 14.5 Å². The summed E-state index contributed by atoms with van der Waals surface area (Å²) >= 11 is 9.71. The molecule has 196 valence electrons. The first-order valence-corrected chi connectivity index (χ1v) is 13.1. The van der Waals surface area contributed by atoms with Gasteiger partial charge in [-0.3, -0.25) is 24.5 Å². The molecule has 0 spiro atoms. The van der Waals surface area contributed by atoms with E-state index >= 15 is 0 Å². The van der Waals surface area contributed by atoms with E-state index in [2.05, 4.69) is 15.9 Å². The predicted molar refractivity (Wildman–Crippen MR) is 148 cm³/mol. The highest BCUT2D eigenvalue weighted by atomic mass is 79.9. The molecule has 0 N–H and O–H groups in total. The molecule has 3 aliphatic heterocycles. The van der Waals surface area contributed by atoms with Crippen molar-refractivity contribution < 1.29 is 24.0 Å². The number of carbonyl (C=O) groups excluding carboxylic acids is 3. The number of ketones is 1. The summed E-state index contributed by atoms with van der Waals surface area (Å²) in [5.41, 5.74) is 1.52. The molecule has 6 rings (SSSR count). The Bertz CT molecular complexity index is 1610. The number of non-ortho nitro benzene ring substituents is 1. The quantitative estimate of drug-likeness (QED) is 0.168. The Morgan fingerprint density at radius 2 is 1.72 bits per heavy atom. The smallest absolute Gasteiger partial charge is 0.271 e. The minimum atomic E-state index is -1.04. The van der Waals surface area contributed by atoms with Crippen LogP contribution in [0.3, 0.4) is 0 Å². The van der Waals surface area contributed by atoms with E-state index in [0.717, 1.165) is 21.0 Å². The molecule has 2 saturated heterocycles. The number of fused-ring (bicyclic) bond motifs is 5. The molecule has 3 aliphatic rings. The van der Waals surface area contributed by atoms with Gasteiger partial charge in [-0.2, -0.15) is 0 Å². The fraction of sp³-hybridized carbons (Fsp3) is 0.179. The number of benzene rings is 3. The maximum atomic E-state index is 14.1. The van der Waals surface area contributed by atoms with Crippen LogP contribution in [0, 0.1) is 22.0 Å². The molecular weight excluding hydrogens is 590 g/mol. The SMILES string of the molecule is COc1ccc([N+](=O)[O-])cc1N1C(=O)[C@@H]2[C@H](C1=O)[C@@H](C(=O)c1ccc(Br)cc1)N1c3cc(Cl)ccc3C=C[C@@H]21. The van der Waals surface area contributed by atoms with Crippen molar-refractivity contribution in [3.05, 3.63) is 97.5 Å². The summed E-state index contributed by atoms with van der Waals surface area (Å²) in [5.74, 6) is -3.32. The summed E-state index contributed by atoms with van der Waals surface area (Å²) in [6, 6.07) is 14.2. The van der Waals surface area contributed by atoms with Gasteiger partial charge in [-0.15, -0.1) is 0 Å². The van der Waals surface area contributed by atoms with Crippen LogP contribution in [0.15, 0.2) is 71.2 Å². The van der Waals surface area contributed by atoms with E-state index in [1.807, 2.05) is 23.1 Å². The average molecular weight is 609 g/mol. The molecule has 0 aromatic heterocycles. The van der Waals surface area contributed by atoms with Crippen LogP contribution in [0.2, 0.25) is 5.02 Å². The molecule has 4 atom stereocenters. The summed E-state index contributed by atoms with van der Waals surface area (Å²) in [6.45, 7) is 0. The third-order valence-corrected chi connectivity index (χ3v) is 8.25. The van der Waals surface area contributed by atoms with Gasteiger partial charge in [0.15, 0.2) is 5.78 Å². The Balaban J connectivity index is 1.51. The number of imide groups is 1. The van der Waals surface area contributed by atoms with Crippen molar-refractivity contribution in [3.63, 3.8) is 0 Å². The molecule has 2 fully saturated rings. The lowest BCUT2D eigenvalue weighted by molar-refractivity contribution is -0.384. The van der Waals surface area contributed by atoms with Crippen LogP contribution in [0.1, 0.15) is 15.9 Å². The third kappa shape index (κ3) is 3.85. The highest BCUT2D eigenvalue weighted by Gasteiger charge is 2.64. The molecule has 3 aromatic rings. The van der Waals surface area contributed by atoms with E-state index < -0.39 is 40.7 Å². The minimum absolute atomic E-state index is 0.0271. The maximum Gasteiger partial charge on any atom is 0.271 e. The molecule has 0 radical (unpaired) electrons. The number of halogens is 2. The highest BCUT2D eigenvalue weighted by Crippen LogP contribution is 2.51. The summed E-state index contributed by atoms with van der Waals surface area (Å²) in [6.07, 6.45) is 3.67. The van der Waals surface area contributed by atoms with Crippen LogP contribution >= 0.6 is 27.5 Å². The fourth-order valence-electron chi connectivity index (χ4n) is 5.82. The Kier molecular flexibility index (Phi) is 6.04. The number of nitrogens with zero attached hydrogens (tertiary/aromatic N) is 3. The van der Waals surface area contributed by atoms with E-state index in [9.17, 15) is 24.5 Å². The molecule has 2 amide bonds. The van der Waals surface area contributed by atoms with Gasteiger partial charge in [-0.05, 0) is 35.9 Å². The zero-order valence-electron chi connectivity index (χ0n) is 20.3. The maximum absolute atomic E-state index is 14.1. The molecule has 0 saturated carbocycles. The number of anilines is 2. The number of nitro groups is 1. The number of hydrogen-bond acceptors (Lipinski definition) is 7. The topological polar surface area (TPSA) is 110 Å². The number of Topliss-reactive ketones (excluding diaryl/α,β-unsaturated/α-hetero) is 1. The highest BCUT2D eigenvalue weighted by molar-refractivity contribution is 9.10. The number of hydrogen-bond donors (Lipinski definition) is 0. The van der Waals surface area contributed by atoms with Gasteiger partial charge in [0.05, 0.1) is 29.9 Å². The standard InChI is InChI=1S/C28H19BrClN3O6/c1-39-22-11-9-18(33(37)38)13-21(22)32-27(35)23-19-10-5-14-4-8-17(30)12-20(14)31(19)25(24(23)28(32)36)26(34)15-2-6-16(29)7-3-15/h2-13,19,23-25H,1H3/t19-,23-,24-,25-/m0/s1. The number of amides is 2. The van der Waals surface area contributed by atoms with Gasteiger partial charge in [-0.25, -0.2) is 4.90 Å². The third-order valence-electron chi connectivity index (χ3n) is 7.48. The van der Waals surface area contributed by atoms with Crippen molar-refractivity contribution in [3.8, 4) is 5.75 Å². The van der Waals surface area contributed by atoms with E-state index in [4.69, 9.17) is 16.3 Å². The first-order chi connectivity index (χ1) is 18.7. The second-order valence-corrected chi connectivity index (χ2v) is 10.8. The molecule has 3 aromatic carbocycles. The Labute approximate surface area is 235 Å². The average Bonchev–Trinajstić information content (AvgIpc) is 3.40. The van der Waals surface area contributed by atoms with Crippen molar-refractivity contribution in [2.24, 2.45) is 11.8 Å². The molecular formula is C28H19BrClN3O6. The van der Waals surface area contributed by atoms with Crippen LogP contribution in [0.25, 0.3) is 6.08 Å². The Morgan fingerprint density at radius 3 is 2.41 bits per heavy atom. The van der Waals surface area contributed by atoms with Gasteiger partial charge < -0.3 is 9.64 Å². The molecule has 0 bridgehead atoms. The van der Waals surface area contributed by atoms with Crippen LogP contribution in [-0.4, -0.2) is 41.7 Å². The van der Waals surface area contributed by atoms with Gasteiger partial charge in [0, 0.05) is 32.9 Å². The lowest BCUT2D eigenvalue weighted by Crippen LogP contribution is -2.48. The molecule has 0 unspecified atom stereocenters. The van der Waals surface area contributed by atoms with E-state index in [0.29, 0.717) is 16.3 Å². The van der Waals surface area contributed by atoms with E-state index in [1.165, 1.54) is 19.2 Å². The monoisotopic (exact) mass is 607 g/mol. The number of nitro benzene ring substituents is 1. The van der Waals surface area contributed by atoms with Crippen LogP contribution in [-0.2, 0) is 9.59 Å². The first kappa shape index (κ1) is 25.3. The van der Waals surface area contributed by atoms with Crippen LogP contribution in [0.5, 0.6) is 5.75 Å². The van der Waals surface area contributed by atoms with Crippen molar-refractivity contribution in [2.45, 2.75) is 12.1 Å². The van der Waals surface area contributed by atoms with Crippen molar-refractivity contribution in [2.75, 3.05) is 16.9 Å². The second-order valence-electron chi connectivity index (χ2n) is 9.45. The lowest BCUT2D eigenvalue weighted by Gasteiger charge is -2.36.